The summed E-state index contributed by atoms with van der Waals surface area (Å²) in [4.78, 5) is 266. The number of aliphatic hydroxyl groups excluding tert-OH is 1. The van der Waals surface area contributed by atoms with Crippen LogP contribution in [0.2, 0.25) is 0 Å². The molecular weight excluding hydrogens is 1780 g/mol. The number of ether oxygens (including phenoxy) is 2. The zero-order valence-electron chi connectivity index (χ0n) is 75.9. The van der Waals surface area contributed by atoms with Crippen LogP contribution in [0.4, 0.5) is 0 Å². The molecule has 2 aliphatic heterocycles. The molecule has 42 nitrogen and oxygen atoms in total. The molecule has 0 aliphatic carbocycles. The van der Waals surface area contributed by atoms with Crippen LogP contribution >= 0.6 is 21.6 Å². The summed E-state index contributed by atoms with van der Waals surface area (Å²) in [5.41, 5.74) is 23.5. The maximum atomic E-state index is 16.4. The number of nitrogens with two attached hydrogens (primary N) is 4. The number of nitrogens with zero attached hydrogens (tertiary/aromatic N) is 2. The SMILES string of the molecule is CC(=O)NCCCC[C@@H]1NC(=O)[C@H](Cc2c[nH]c3c(C)cccc23)NC(=O)[C@H]([C@@H](C)O)NC(=O)[C@H](CC(N)=O)NC(=O)[C@@H](NC(C)=O)C(C)(C)SSC(C)(C)[C@@H](C(=O)NC(Cc2ccc(OCCN)cc2)C(=O)N[C@@H](Cc2ccc3ccccc3c2)C(=O)NC2(C(=O)N[C@@H](CCC(=O)O)C(=O)N[C@@H](CC(N)=O)C(=O)N[C@@H](Cc3cccnc3)C(=O)N(C)CC(N)=O)CCOCC2)NC1=O. The second-order valence-electron chi connectivity index (χ2n) is 34.2. The predicted octanol–water partition coefficient (Wildman–Crippen LogP) is -2.15. The number of likely N-dealkylation sites (N-methyl/N-ethyl adjacent to an activating group) is 1. The van der Waals surface area contributed by atoms with E-state index in [1.807, 2.05) is 19.1 Å². The van der Waals surface area contributed by atoms with Gasteiger partial charge in [0.1, 0.15) is 84.4 Å². The van der Waals surface area contributed by atoms with E-state index in [-0.39, 0.29) is 90.2 Å². The number of H-pyrrole nitrogens is 1. The number of carboxylic acid groups (broad SMARTS) is 1. The van der Waals surface area contributed by atoms with Crippen LogP contribution in [0, 0.1) is 6.92 Å². The predicted molar refractivity (Wildman–Crippen MR) is 494 cm³/mol. The molecule has 44 heteroatoms. The summed E-state index contributed by atoms with van der Waals surface area (Å²) in [7, 11) is 3.01. The summed E-state index contributed by atoms with van der Waals surface area (Å²) in [6.45, 7) is 10.7. The number of hydrogen-bond donors (Lipinski definition) is 20. The topological polar surface area (TPSA) is 659 Å². The van der Waals surface area contributed by atoms with E-state index in [4.69, 9.17) is 32.4 Å². The first-order valence-electron chi connectivity index (χ1n) is 43.5. The fourth-order valence-electron chi connectivity index (χ4n) is 15.1. The number of aliphatic carboxylic acids is 1. The molecule has 17 amide bonds. The standard InChI is InChI=1S/C90H120N20O22S2/c1-48-16-14-20-59-57(46-97-72(48)59)42-64-79(122)99-60(21-12-13-34-96-50(3)112)77(120)108-75(89(7,8)134-133-88(5,6)74(98-51(4)113)84(127)104-66(44-69(93)115)81(124)107-73(49(2)111)83(126)102-64)85(128)103-62(39-52-23-26-58(27-24-52)132-37-32-91)78(121)100-63(40-53-22-25-55-18-10-11-19-56(55)38-53)82(125)109-90(30-35-131-36-31-90)87(130)106-61(28-29-71(117)118)76(119)101-65(43-68(92)114)80(123)105-67(41-54-17-15-33-95-45-54)86(129)110(9)47-70(94)116/h10-11,14-20,22-27,33,38,45-46,49,60-67,73-75,97,111H,12-13,21,28-32,34-37,39-44,47,91H2,1-9H3,(H2,92,114)(H2,93,115)(H2,94,116)(H,96,112)(H,98,113)(H,99,122)(H,100,121)(H,101,119)(H,102,126)(H,103,128)(H,104,127)(H,105,123)(H,106,130)(H,107,124)(H,108,120)(H,109,125)(H,117,118)/t49-,60+,61+,62?,63+,64+,65+,66+,67+,73+,74-,75-/m1/s1. The smallest absolute Gasteiger partial charge is 0.303 e. The van der Waals surface area contributed by atoms with Crippen molar-refractivity contribution < 1.29 is 106 Å². The van der Waals surface area contributed by atoms with Crippen molar-refractivity contribution in [3.8, 4) is 5.75 Å². The van der Waals surface area contributed by atoms with Crippen LogP contribution in [0.25, 0.3) is 21.7 Å². The number of carboxylic acids is 1. The highest BCUT2D eigenvalue weighted by molar-refractivity contribution is 8.77. The molecule has 1 unspecified atom stereocenters. The minimum absolute atomic E-state index is 0.0903. The number of aromatic nitrogens is 2. The number of hydrogen-bond acceptors (Lipinski definition) is 25. The van der Waals surface area contributed by atoms with Crippen LogP contribution in [0.15, 0.2) is 116 Å². The normalized spacial score (nSPS) is 19.5. The molecule has 2 aromatic heterocycles. The number of amides is 17. The highest BCUT2D eigenvalue weighted by atomic mass is 33.1. The van der Waals surface area contributed by atoms with Gasteiger partial charge in [0.25, 0.3) is 0 Å². The van der Waals surface area contributed by atoms with Gasteiger partial charge in [-0.05, 0) is 124 Å². The summed E-state index contributed by atoms with van der Waals surface area (Å²) < 4.78 is 8.25. The van der Waals surface area contributed by atoms with Gasteiger partial charge in [0.15, 0.2) is 0 Å². The number of rotatable bonds is 40. The van der Waals surface area contributed by atoms with E-state index in [9.17, 15) is 67.7 Å². The molecule has 4 aromatic carbocycles. The number of nitrogens with one attached hydrogen (secondary N) is 14. The van der Waals surface area contributed by atoms with E-state index in [0.717, 1.165) is 51.3 Å². The van der Waals surface area contributed by atoms with Gasteiger partial charge in [0.2, 0.25) is 100 Å². The lowest BCUT2D eigenvalue weighted by atomic mass is 9.87. The molecule has 6 aromatic rings. The number of aryl methyl sites for hydroxylation is 1. The van der Waals surface area contributed by atoms with Gasteiger partial charge in [-0.2, -0.15) is 0 Å². The zero-order valence-corrected chi connectivity index (χ0v) is 77.5. The molecule has 24 N–H and O–H groups in total. The molecule has 0 radical (unpaired) electrons. The van der Waals surface area contributed by atoms with Gasteiger partial charge in [-0.25, -0.2) is 0 Å². The Hall–Kier alpha value is -13.3. The van der Waals surface area contributed by atoms with Crippen LogP contribution in [-0.4, -0.2) is 266 Å². The number of pyridine rings is 1. The van der Waals surface area contributed by atoms with Gasteiger partial charge >= 0.3 is 5.97 Å². The second kappa shape index (κ2) is 49.4. The van der Waals surface area contributed by atoms with Gasteiger partial charge < -0.3 is 122 Å². The van der Waals surface area contributed by atoms with Gasteiger partial charge in [-0.3, -0.25) is 91.3 Å². The van der Waals surface area contributed by atoms with Gasteiger partial charge in [-0.1, -0.05) is 100 Å². The summed E-state index contributed by atoms with van der Waals surface area (Å²) in [6, 6.07) is 7.53. The molecule has 2 aliphatic rings. The van der Waals surface area contributed by atoms with Crippen LogP contribution < -0.4 is 96.8 Å². The van der Waals surface area contributed by atoms with Crippen LogP contribution in [0.1, 0.15) is 134 Å². The van der Waals surface area contributed by atoms with E-state index in [1.54, 1.807) is 91.1 Å². The molecule has 2 saturated heterocycles. The van der Waals surface area contributed by atoms with Crippen molar-refractivity contribution in [2.45, 2.75) is 226 Å². The first-order chi connectivity index (χ1) is 63.4. The Balaban J connectivity index is 1.22. The molecule has 8 rings (SSSR count). The second-order valence-corrected chi connectivity index (χ2v) is 37.6. The van der Waals surface area contributed by atoms with Crippen molar-refractivity contribution in [2.24, 2.45) is 22.9 Å². The molecule has 4 heterocycles. The number of carbonyl (C=O) groups is 18. The molecule has 0 bridgehead atoms. The first kappa shape index (κ1) is 106. The summed E-state index contributed by atoms with van der Waals surface area (Å²) in [5, 5.41) is 57.7. The molecule has 2 fully saturated rings. The monoisotopic (exact) mass is 1900 g/mol. The fraction of sp³-hybridized carbons (Fsp3) is 0.478. The lowest BCUT2D eigenvalue weighted by molar-refractivity contribution is -0.142. The summed E-state index contributed by atoms with van der Waals surface area (Å²) >= 11 is 0. The maximum absolute atomic E-state index is 16.4. The lowest BCUT2D eigenvalue weighted by Crippen LogP contribution is -2.67. The number of primary amides is 3. The summed E-state index contributed by atoms with van der Waals surface area (Å²) in [5.74, 6) is -18.6. The zero-order chi connectivity index (χ0) is 98.5. The first-order valence-corrected chi connectivity index (χ1v) is 45.7. The number of fused-ring (bicyclic) bond motifs is 2. The molecule has 0 spiro atoms. The molecular formula is C90H120N20O22S2. The number of aliphatic hydroxyl groups is 1. The van der Waals surface area contributed by atoms with Gasteiger partial charge in [0, 0.05) is 131 Å². The largest absolute Gasteiger partial charge is 0.492 e. The minimum atomic E-state index is -2.10. The average Bonchev–Trinajstić information content (AvgIpc) is 1.79. The number of aromatic amines is 1. The Kier molecular flexibility index (Phi) is 39.1. The Morgan fingerprint density at radius 3 is 1.88 bits per heavy atom. The maximum Gasteiger partial charge on any atom is 0.303 e. The molecule has 134 heavy (non-hydrogen) atoms. The van der Waals surface area contributed by atoms with Crippen LogP contribution in [-0.2, 0) is 117 Å². The molecule has 724 valence electrons. The summed E-state index contributed by atoms with van der Waals surface area (Å²) in [6.07, 6.45) is -2.62. The average molecular weight is 1900 g/mol. The van der Waals surface area contributed by atoms with Crippen molar-refractivity contribution in [1.82, 2.24) is 84.0 Å². The van der Waals surface area contributed by atoms with E-state index >= 15 is 28.8 Å². The quantitative estimate of drug-likeness (QED) is 0.0144. The van der Waals surface area contributed by atoms with Crippen LogP contribution in [0.5, 0.6) is 5.75 Å². The third-order valence-electron chi connectivity index (χ3n) is 22.4. The van der Waals surface area contributed by atoms with Crippen molar-refractivity contribution >= 4 is 150 Å². The minimum Gasteiger partial charge on any atom is -0.492 e. The highest BCUT2D eigenvalue weighted by Crippen LogP contribution is 2.47. The van der Waals surface area contributed by atoms with Crippen molar-refractivity contribution in [3.05, 3.63) is 143 Å². The Morgan fingerprint density at radius 2 is 1.24 bits per heavy atom. The van der Waals surface area contributed by atoms with E-state index in [0.29, 0.717) is 44.3 Å². The number of carbonyl (C=O) groups excluding carboxylic acids is 17. The highest BCUT2D eigenvalue weighted by Gasteiger charge is 2.49. The van der Waals surface area contributed by atoms with Crippen molar-refractivity contribution in [3.63, 3.8) is 0 Å². The van der Waals surface area contributed by atoms with E-state index in [1.165, 1.54) is 54.1 Å². The van der Waals surface area contributed by atoms with Crippen molar-refractivity contribution in [1.29, 1.82) is 0 Å². The number of benzene rings is 4. The third kappa shape index (κ3) is 31.4. The van der Waals surface area contributed by atoms with E-state index < -0.39 is 227 Å². The Labute approximate surface area is 780 Å². The number of para-hydroxylation sites is 1. The Morgan fingerprint density at radius 1 is 0.627 bits per heavy atom. The Bertz CT molecular complexity index is 5270. The third-order valence-corrected chi connectivity index (χ3v) is 26.6. The fourth-order valence-corrected chi connectivity index (χ4v) is 18.0. The molecule has 0 saturated carbocycles. The molecule has 12 atom stereocenters. The van der Waals surface area contributed by atoms with Gasteiger partial charge in [0.05, 0.1) is 25.5 Å². The van der Waals surface area contributed by atoms with E-state index in [2.05, 4.69) is 79.1 Å². The van der Waals surface area contributed by atoms with Crippen molar-refractivity contribution in [2.75, 3.05) is 46.5 Å². The number of unbranched alkanes of at least 4 members (excludes halogenated alkanes) is 1. The van der Waals surface area contributed by atoms with Gasteiger partial charge in [-0.15, -0.1) is 0 Å². The lowest BCUT2D eigenvalue weighted by Gasteiger charge is -2.39. The van der Waals surface area contributed by atoms with Crippen LogP contribution in [0.3, 0.4) is 0 Å².